The highest BCUT2D eigenvalue weighted by atomic mass is 32.1. The van der Waals surface area contributed by atoms with Gasteiger partial charge >= 0.3 is 0 Å². The SMILES string of the molecule is CCCCCCCCCCCCCCCCc1ccc2cc3sc4c5cc(-c6ccccc6)ccc5sc4c3cc2c1. The number of fused-ring (bicyclic) bond motifs is 6. The van der Waals surface area contributed by atoms with Crippen LogP contribution in [0.3, 0.4) is 0 Å². The fourth-order valence-electron chi connectivity index (χ4n) is 6.54. The Labute approximate surface area is 260 Å². The van der Waals surface area contributed by atoms with Crippen LogP contribution in [-0.2, 0) is 6.42 Å². The van der Waals surface area contributed by atoms with E-state index in [0.717, 1.165) is 0 Å². The third kappa shape index (κ3) is 7.09. The Hall–Kier alpha value is -2.68. The van der Waals surface area contributed by atoms with Crippen LogP contribution >= 0.6 is 22.7 Å². The molecule has 6 aromatic rings. The largest absolute Gasteiger partial charge is 0.134 e. The summed E-state index contributed by atoms with van der Waals surface area (Å²) in [5.41, 5.74) is 4.09. The monoisotopic (exact) mass is 590 g/mol. The normalized spacial score (nSPS) is 11.9. The molecule has 0 saturated carbocycles. The van der Waals surface area contributed by atoms with Crippen molar-refractivity contribution in [3.63, 3.8) is 0 Å². The van der Waals surface area contributed by atoms with Crippen LogP contribution in [0.5, 0.6) is 0 Å². The van der Waals surface area contributed by atoms with Crippen molar-refractivity contribution in [3.05, 3.63) is 84.4 Å². The molecule has 0 fully saturated rings. The van der Waals surface area contributed by atoms with E-state index in [1.807, 2.05) is 22.7 Å². The Balaban J connectivity index is 1.02. The first-order valence-corrected chi connectivity index (χ1v) is 18.3. The van der Waals surface area contributed by atoms with Crippen molar-refractivity contribution in [1.82, 2.24) is 0 Å². The van der Waals surface area contributed by atoms with Crippen molar-refractivity contribution < 1.29 is 0 Å². The van der Waals surface area contributed by atoms with Crippen LogP contribution in [0.15, 0.2) is 78.9 Å². The number of rotatable bonds is 16. The summed E-state index contributed by atoms with van der Waals surface area (Å²) >= 11 is 3.92. The molecule has 42 heavy (non-hydrogen) atoms. The summed E-state index contributed by atoms with van der Waals surface area (Å²) in [6.07, 6.45) is 21.1. The highest BCUT2D eigenvalue weighted by Crippen LogP contribution is 2.46. The molecule has 6 rings (SSSR count). The van der Waals surface area contributed by atoms with Crippen LogP contribution in [0.1, 0.15) is 102 Å². The standard InChI is InChI=1S/C40H46S2/c1-2-3-4-5-6-7-8-9-10-11-12-13-14-16-19-30-22-23-33-29-38-36(28-34(33)26-30)40-39(42-38)35-27-32(24-25-37(35)41-40)31-20-17-15-18-21-31/h15,17-18,20-29H,2-14,16,19H2,1H3. The predicted octanol–water partition coefficient (Wildman–Crippen LogP) is 14.1. The van der Waals surface area contributed by atoms with Gasteiger partial charge in [-0.2, -0.15) is 0 Å². The van der Waals surface area contributed by atoms with Gasteiger partial charge in [0.1, 0.15) is 0 Å². The van der Waals surface area contributed by atoms with Gasteiger partial charge in [-0.1, -0.05) is 145 Å². The fourth-order valence-corrected chi connectivity index (χ4v) is 9.19. The summed E-state index contributed by atoms with van der Waals surface area (Å²) in [4.78, 5) is 0. The van der Waals surface area contributed by atoms with Gasteiger partial charge in [0.15, 0.2) is 0 Å². The zero-order valence-corrected chi connectivity index (χ0v) is 27.1. The molecule has 0 N–H and O–H groups in total. The van der Waals surface area contributed by atoms with Crippen LogP contribution in [0, 0.1) is 0 Å². The summed E-state index contributed by atoms with van der Waals surface area (Å²) in [6.45, 7) is 2.30. The summed E-state index contributed by atoms with van der Waals surface area (Å²) in [5, 5.41) is 5.60. The second-order valence-corrected chi connectivity index (χ2v) is 14.4. The van der Waals surface area contributed by atoms with Crippen LogP contribution in [0.25, 0.3) is 51.5 Å². The van der Waals surface area contributed by atoms with Gasteiger partial charge in [-0.25, -0.2) is 0 Å². The Morgan fingerprint density at radius 3 is 1.76 bits per heavy atom. The summed E-state index contributed by atoms with van der Waals surface area (Å²) in [5.74, 6) is 0. The van der Waals surface area contributed by atoms with E-state index in [9.17, 15) is 0 Å². The average Bonchev–Trinajstić information content (AvgIpc) is 3.56. The number of hydrogen-bond acceptors (Lipinski definition) is 2. The highest BCUT2D eigenvalue weighted by Gasteiger charge is 2.14. The van der Waals surface area contributed by atoms with E-state index in [1.165, 1.54) is 153 Å². The van der Waals surface area contributed by atoms with E-state index >= 15 is 0 Å². The zero-order valence-electron chi connectivity index (χ0n) is 25.4. The summed E-state index contributed by atoms with van der Waals surface area (Å²) in [7, 11) is 0. The molecule has 0 saturated heterocycles. The maximum atomic E-state index is 2.46. The maximum absolute atomic E-state index is 2.46. The van der Waals surface area contributed by atoms with Crippen LogP contribution in [-0.4, -0.2) is 0 Å². The minimum Gasteiger partial charge on any atom is -0.134 e. The predicted molar refractivity (Wildman–Crippen MR) is 192 cm³/mol. The van der Waals surface area contributed by atoms with Gasteiger partial charge in [-0.3, -0.25) is 0 Å². The number of benzene rings is 4. The van der Waals surface area contributed by atoms with Gasteiger partial charge in [0.25, 0.3) is 0 Å². The molecule has 2 heterocycles. The lowest BCUT2D eigenvalue weighted by atomic mass is 10.0. The number of thiophene rings is 2. The van der Waals surface area contributed by atoms with E-state index < -0.39 is 0 Å². The van der Waals surface area contributed by atoms with Gasteiger partial charge in [-0.15, -0.1) is 22.7 Å². The smallest absolute Gasteiger partial charge is 0.0542 e. The second kappa shape index (κ2) is 14.7. The maximum Gasteiger partial charge on any atom is 0.0542 e. The van der Waals surface area contributed by atoms with Crippen LogP contribution < -0.4 is 0 Å². The molecule has 2 aromatic heterocycles. The number of aryl methyl sites for hydroxylation is 1. The molecule has 0 atom stereocenters. The van der Waals surface area contributed by atoms with Crippen molar-refractivity contribution in [2.75, 3.05) is 0 Å². The van der Waals surface area contributed by atoms with Gasteiger partial charge in [0.2, 0.25) is 0 Å². The van der Waals surface area contributed by atoms with E-state index in [1.54, 1.807) is 0 Å². The molecule has 2 heteroatoms. The van der Waals surface area contributed by atoms with Crippen molar-refractivity contribution in [2.45, 2.75) is 103 Å². The van der Waals surface area contributed by atoms with E-state index in [0.29, 0.717) is 0 Å². The number of hydrogen-bond donors (Lipinski definition) is 0. The number of unbranched alkanes of at least 4 members (excludes halogenated alkanes) is 13. The van der Waals surface area contributed by atoms with Crippen molar-refractivity contribution in [1.29, 1.82) is 0 Å². The lowest BCUT2D eigenvalue weighted by Gasteiger charge is -2.06. The van der Waals surface area contributed by atoms with Gasteiger partial charge in [0, 0.05) is 20.2 Å². The molecule has 0 aliphatic heterocycles. The Morgan fingerprint density at radius 1 is 0.452 bits per heavy atom. The average molecular weight is 591 g/mol. The first-order valence-electron chi connectivity index (χ1n) is 16.7. The van der Waals surface area contributed by atoms with E-state index in [2.05, 4.69) is 85.8 Å². The molecule has 0 amide bonds. The molecule has 0 bridgehead atoms. The molecular formula is C40H46S2. The molecule has 0 spiro atoms. The molecule has 218 valence electrons. The van der Waals surface area contributed by atoms with Crippen LogP contribution in [0.4, 0.5) is 0 Å². The lowest BCUT2D eigenvalue weighted by molar-refractivity contribution is 0.535. The molecular weight excluding hydrogens is 545 g/mol. The fraction of sp³-hybridized carbons (Fsp3) is 0.400. The quantitative estimate of drug-likeness (QED) is 0.0984. The van der Waals surface area contributed by atoms with E-state index in [4.69, 9.17) is 0 Å². The highest BCUT2D eigenvalue weighted by molar-refractivity contribution is 7.36. The molecule has 0 radical (unpaired) electrons. The molecule has 0 aliphatic carbocycles. The van der Waals surface area contributed by atoms with Crippen LogP contribution in [0.2, 0.25) is 0 Å². The van der Waals surface area contributed by atoms with Crippen molar-refractivity contribution in [2.24, 2.45) is 0 Å². The van der Waals surface area contributed by atoms with Gasteiger partial charge in [0.05, 0.1) is 9.40 Å². The van der Waals surface area contributed by atoms with Crippen molar-refractivity contribution >= 4 is 63.0 Å². The first kappa shape index (κ1) is 29.4. The second-order valence-electron chi connectivity index (χ2n) is 12.3. The third-order valence-electron chi connectivity index (χ3n) is 9.03. The zero-order chi connectivity index (χ0) is 28.6. The molecule has 0 nitrogen and oxygen atoms in total. The summed E-state index contributed by atoms with van der Waals surface area (Å²) in [6, 6.07) is 29.8. The Bertz CT molecular complexity index is 1720. The van der Waals surface area contributed by atoms with Gasteiger partial charge in [-0.05, 0) is 64.6 Å². The molecule has 4 aromatic carbocycles. The van der Waals surface area contributed by atoms with Crippen molar-refractivity contribution in [3.8, 4) is 11.1 Å². The Morgan fingerprint density at radius 2 is 1.07 bits per heavy atom. The van der Waals surface area contributed by atoms with Gasteiger partial charge < -0.3 is 0 Å². The lowest BCUT2D eigenvalue weighted by Crippen LogP contribution is -1.87. The molecule has 0 aliphatic rings. The minimum atomic E-state index is 1.20. The molecule has 0 unspecified atom stereocenters. The topological polar surface area (TPSA) is 0 Å². The Kier molecular flexibility index (Phi) is 10.3. The summed E-state index contributed by atoms with van der Waals surface area (Å²) < 4.78 is 5.70. The minimum absolute atomic E-state index is 1.20. The first-order chi connectivity index (χ1) is 20.8. The third-order valence-corrected chi connectivity index (χ3v) is 11.5. The van der Waals surface area contributed by atoms with E-state index in [-0.39, 0.29) is 0 Å².